The monoisotopic (exact) mass is 412 g/mol. The second-order valence-corrected chi connectivity index (χ2v) is 6.78. The normalized spacial score (nSPS) is 11.4. The minimum Gasteiger partial charge on any atom is -0.506 e. The summed E-state index contributed by atoms with van der Waals surface area (Å²) >= 11 is 9.36. The molecule has 2 aromatic heterocycles. The summed E-state index contributed by atoms with van der Waals surface area (Å²) in [5.74, 6) is -0.866. The van der Waals surface area contributed by atoms with Gasteiger partial charge in [0.15, 0.2) is 0 Å². The summed E-state index contributed by atoms with van der Waals surface area (Å²) in [6, 6.07) is 3.09. The molecule has 126 valence electrons. The van der Waals surface area contributed by atoms with Gasteiger partial charge in [0, 0.05) is 22.0 Å². The Kier molecular flexibility index (Phi) is 4.18. The predicted molar refractivity (Wildman–Crippen MR) is 94.1 cm³/mol. The molecular weight excluding hydrogens is 400 g/mol. The van der Waals surface area contributed by atoms with E-state index in [4.69, 9.17) is 11.6 Å². The zero-order valence-electron chi connectivity index (χ0n) is 12.8. The van der Waals surface area contributed by atoms with Crippen LogP contribution in [-0.4, -0.2) is 25.5 Å². The molecule has 3 rings (SSSR count). The number of hydrogen-bond acceptors (Lipinski definition) is 3. The van der Waals surface area contributed by atoms with Crippen LogP contribution in [0.1, 0.15) is 34.0 Å². The Balaban J connectivity index is 2.41. The molecule has 7 nitrogen and oxygen atoms in total. The van der Waals surface area contributed by atoms with Gasteiger partial charge >= 0.3 is 0 Å². The van der Waals surface area contributed by atoms with E-state index in [1.54, 1.807) is 26.0 Å². The van der Waals surface area contributed by atoms with Crippen molar-refractivity contribution < 1.29 is 5.11 Å². The fraction of sp³-hybridized carbons (Fsp3) is 0.200. The Labute approximate surface area is 149 Å². The lowest BCUT2D eigenvalue weighted by molar-refractivity contribution is 0.463. The van der Waals surface area contributed by atoms with Crippen molar-refractivity contribution in [2.45, 2.75) is 19.8 Å². The van der Waals surface area contributed by atoms with Crippen molar-refractivity contribution in [2.24, 2.45) is 0 Å². The largest absolute Gasteiger partial charge is 0.506 e. The van der Waals surface area contributed by atoms with Gasteiger partial charge in [-0.25, -0.2) is 0 Å². The van der Waals surface area contributed by atoms with E-state index >= 15 is 0 Å². The van der Waals surface area contributed by atoms with E-state index in [0.717, 1.165) is 0 Å². The number of nitrogens with one attached hydrogen (secondary N) is 4. The van der Waals surface area contributed by atoms with Gasteiger partial charge in [-0.2, -0.15) is 0 Å². The number of aromatic hydroxyl groups is 1. The van der Waals surface area contributed by atoms with Gasteiger partial charge < -0.3 is 15.3 Å². The average Bonchev–Trinajstić information content (AvgIpc) is 3.01. The third kappa shape index (κ3) is 2.61. The van der Waals surface area contributed by atoms with E-state index in [1.165, 1.54) is 0 Å². The molecule has 1 aromatic carbocycles. The van der Waals surface area contributed by atoms with Crippen LogP contribution in [0.2, 0.25) is 5.02 Å². The van der Waals surface area contributed by atoms with Gasteiger partial charge in [-0.05, 0) is 41.9 Å². The molecule has 0 fully saturated rings. The van der Waals surface area contributed by atoms with E-state index in [2.05, 4.69) is 36.3 Å². The van der Waals surface area contributed by atoms with Gasteiger partial charge in [0.1, 0.15) is 5.75 Å². The number of hydrogen-bond donors (Lipinski definition) is 5. The van der Waals surface area contributed by atoms with Crippen molar-refractivity contribution in [2.75, 3.05) is 0 Å². The van der Waals surface area contributed by atoms with Crippen molar-refractivity contribution in [3.63, 3.8) is 0 Å². The van der Waals surface area contributed by atoms with E-state index in [0.29, 0.717) is 37.6 Å². The second-order valence-electron chi connectivity index (χ2n) is 5.49. The zero-order chi connectivity index (χ0) is 17.6. The quantitative estimate of drug-likeness (QED) is 0.454. The highest BCUT2D eigenvalue weighted by Gasteiger charge is 2.30. The van der Waals surface area contributed by atoms with Gasteiger partial charge in [0.25, 0.3) is 11.1 Å². The average molecular weight is 414 g/mol. The molecule has 0 spiro atoms. The Bertz CT molecular complexity index is 976. The third-order valence-electron chi connectivity index (χ3n) is 3.97. The van der Waals surface area contributed by atoms with Crippen LogP contribution >= 0.6 is 27.5 Å². The topological polar surface area (TPSA) is 118 Å². The molecule has 0 saturated carbocycles. The molecule has 0 aliphatic rings. The number of phenolic OH excluding ortho intramolecular Hbond substituents is 1. The smallest absolute Gasteiger partial charge is 0.268 e. The van der Waals surface area contributed by atoms with E-state index in [9.17, 15) is 14.7 Å². The lowest BCUT2D eigenvalue weighted by Gasteiger charge is -2.18. The Hall–Kier alpha value is -2.19. The third-order valence-corrected chi connectivity index (χ3v) is 4.79. The van der Waals surface area contributed by atoms with Gasteiger partial charge in [0.05, 0.1) is 21.5 Å². The first-order valence-electron chi connectivity index (χ1n) is 7.03. The van der Waals surface area contributed by atoms with E-state index in [1.807, 2.05) is 0 Å². The van der Waals surface area contributed by atoms with Crippen molar-refractivity contribution >= 4 is 27.5 Å². The molecule has 24 heavy (non-hydrogen) atoms. The number of phenols is 1. The highest BCUT2D eigenvalue weighted by Crippen LogP contribution is 2.41. The maximum Gasteiger partial charge on any atom is 0.268 e. The van der Waals surface area contributed by atoms with Crippen LogP contribution in [0.25, 0.3) is 0 Å². The Morgan fingerprint density at radius 2 is 1.50 bits per heavy atom. The van der Waals surface area contributed by atoms with Crippen molar-refractivity contribution in [3.8, 4) is 5.75 Å². The van der Waals surface area contributed by atoms with Crippen LogP contribution < -0.4 is 11.1 Å². The minimum atomic E-state index is -0.787. The molecule has 2 heterocycles. The van der Waals surface area contributed by atoms with Crippen LogP contribution in [0, 0.1) is 13.8 Å². The summed E-state index contributed by atoms with van der Waals surface area (Å²) in [5, 5.41) is 21.4. The van der Waals surface area contributed by atoms with E-state index < -0.39 is 5.92 Å². The first-order chi connectivity index (χ1) is 11.3. The van der Waals surface area contributed by atoms with Crippen LogP contribution in [0.15, 0.2) is 26.2 Å². The number of aromatic nitrogens is 4. The summed E-state index contributed by atoms with van der Waals surface area (Å²) < 4.78 is 0.379. The first-order valence-corrected chi connectivity index (χ1v) is 8.20. The molecule has 0 unspecified atom stereocenters. The maximum absolute atomic E-state index is 12.3. The highest BCUT2D eigenvalue weighted by molar-refractivity contribution is 9.10. The Morgan fingerprint density at radius 3 is 1.92 bits per heavy atom. The van der Waals surface area contributed by atoms with Crippen LogP contribution in [0.4, 0.5) is 0 Å². The molecule has 0 aliphatic carbocycles. The first kappa shape index (κ1) is 16.7. The zero-order valence-corrected chi connectivity index (χ0v) is 15.1. The molecule has 0 amide bonds. The molecule has 0 radical (unpaired) electrons. The number of H-pyrrole nitrogens is 4. The fourth-order valence-corrected chi connectivity index (χ4v) is 3.70. The molecule has 0 saturated heterocycles. The molecule has 9 heteroatoms. The van der Waals surface area contributed by atoms with Gasteiger partial charge in [-0.1, -0.05) is 11.6 Å². The van der Waals surface area contributed by atoms with Gasteiger partial charge in [-0.15, -0.1) is 0 Å². The number of halogens is 2. The van der Waals surface area contributed by atoms with Crippen LogP contribution in [0.5, 0.6) is 5.75 Å². The fourth-order valence-electron chi connectivity index (χ4n) is 2.87. The molecule has 0 aliphatic heterocycles. The van der Waals surface area contributed by atoms with Gasteiger partial charge in [0.2, 0.25) is 0 Å². The predicted octanol–water partition coefficient (Wildman–Crippen LogP) is 2.64. The molecule has 0 bridgehead atoms. The number of benzene rings is 1. The second kappa shape index (κ2) is 6.03. The molecule has 3 aromatic rings. The molecule has 5 N–H and O–H groups in total. The van der Waals surface area contributed by atoms with Crippen LogP contribution in [-0.2, 0) is 0 Å². The summed E-state index contributed by atoms with van der Waals surface area (Å²) in [6.07, 6.45) is 0. The SMILES string of the molecule is Cc1[nH][nH]c(=O)c1C(c1cc(Cl)cc(Br)c1O)c1c(C)[nH][nH]c1=O. The standard InChI is InChI=1S/C15H14BrClN4O3/c1-5-10(14(23)20-18-5)12(11-6(2)19-21-15(11)24)8-3-7(17)4-9(16)13(8)22/h3-4,12,22H,1-2H3,(H2,18,20,23)(H2,19,21,24). The number of rotatable bonds is 3. The van der Waals surface area contributed by atoms with Gasteiger partial charge in [-0.3, -0.25) is 19.8 Å². The number of aryl methyl sites for hydroxylation is 2. The van der Waals surface area contributed by atoms with Crippen molar-refractivity contribution in [1.82, 2.24) is 20.4 Å². The Morgan fingerprint density at radius 1 is 1.00 bits per heavy atom. The summed E-state index contributed by atoms with van der Waals surface area (Å²) in [4.78, 5) is 24.6. The summed E-state index contributed by atoms with van der Waals surface area (Å²) in [7, 11) is 0. The van der Waals surface area contributed by atoms with E-state index in [-0.39, 0.29) is 16.9 Å². The maximum atomic E-state index is 12.3. The van der Waals surface area contributed by atoms with Crippen LogP contribution in [0.3, 0.4) is 0 Å². The minimum absolute atomic E-state index is 0.0793. The number of aromatic amines is 4. The highest BCUT2D eigenvalue weighted by atomic mass is 79.9. The summed E-state index contributed by atoms with van der Waals surface area (Å²) in [5.41, 5.74) is 1.44. The van der Waals surface area contributed by atoms with Crippen molar-refractivity contribution in [1.29, 1.82) is 0 Å². The lowest BCUT2D eigenvalue weighted by Crippen LogP contribution is -2.20. The molecule has 0 atom stereocenters. The van der Waals surface area contributed by atoms with Crippen molar-refractivity contribution in [3.05, 3.63) is 70.4 Å². The lowest BCUT2D eigenvalue weighted by atomic mass is 9.85. The molecular formula is C15H14BrClN4O3. The summed E-state index contributed by atoms with van der Waals surface area (Å²) in [6.45, 7) is 3.43.